The molecule has 3 nitrogen and oxygen atoms in total. The van der Waals surface area contributed by atoms with Crippen molar-refractivity contribution >= 4 is 29.2 Å². The van der Waals surface area contributed by atoms with Crippen LogP contribution in [0.4, 0.5) is 4.39 Å². The van der Waals surface area contributed by atoms with Crippen molar-refractivity contribution in [3.05, 3.63) is 57.8 Å². The number of carbonyl (C=O) groups is 1. The number of aliphatic carboxylic acids is 1. The van der Waals surface area contributed by atoms with Crippen LogP contribution in [-0.2, 0) is 4.79 Å². The number of rotatable bonds is 3. The van der Waals surface area contributed by atoms with E-state index in [0.717, 1.165) is 6.07 Å². The molecule has 0 aliphatic rings. The van der Waals surface area contributed by atoms with Crippen molar-refractivity contribution < 1.29 is 19.4 Å². The predicted molar refractivity (Wildman–Crippen MR) is 74.5 cm³/mol. The molecule has 20 heavy (non-hydrogen) atoms. The lowest BCUT2D eigenvalue weighted by molar-refractivity contribution is -0.147. The summed E-state index contributed by atoms with van der Waals surface area (Å²) in [4.78, 5) is 10.8. The Labute approximate surface area is 124 Å². The Morgan fingerprint density at radius 1 is 1.15 bits per heavy atom. The smallest absolute Gasteiger partial charge is 0.337 e. The van der Waals surface area contributed by atoms with E-state index in [2.05, 4.69) is 0 Å². The van der Waals surface area contributed by atoms with Crippen LogP contribution in [0.5, 0.6) is 0 Å². The van der Waals surface area contributed by atoms with Gasteiger partial charge in [0.05, 0.1) is 0 Å². The molecular weight excluding hydrogens is 306 g/mol. The summed E-state index contributed by atoms with van der Waals surface area (Å²) in [5, 5.41) is 18.9. The number of hydrogen-bond donors (Lipinski definition) is 2. The van der Waals surface area contributed by atoms with Gasteiger partial charge in [-0.25, -0.2) is 9.18 Å². The zero-order valence-corrected chi connectivity index (χ0v) is 11.5. The minimum Gasteiger partial charge on any atom is -0.479 e. The molecule has 0 saturated carbocycles. The number of carboxylic acid groups (broad SMARTS) is 1. The van der Waals surface area contributed by atoms with Crippen LogP contribution in [-0.4, -0.2) is 16.2 Å². The average Bonchev–Trinajstić information content (AvgIpc) is 2.39. The average molecular weight is 315 g/mol. The van der Waals surface area contributed by atoms with Gasteiger partial charge < -0.3 is 10.2 Å². The summed E-state index contributed by atoms with van der Waals surface area (Å²) >= 11 is 12.1. The minimum absolute atomic E-state index is 0.342. The Morgan fingerprint density at radius 2 is 1.75 bits per heavy atom. The van der Waals surface area contributed by atoms with E-state index in [0.29, 0.717) is 21.2 Å². The third-order valence-corrected chi connectivity index (χ3v) is 3.41. The second kappa shape index (κ2) is 5.79. The van der Waals surface area contributed by atoms with Gasteiger partial charge in [-0.05, 0) is 29.8 Å². The van der Waals surface area contributed by atoms with Gasteiger partial charge in [0, 0.05) is 21.2 Å². The normalized spacial score (nSPS) is 12.2. The van der Waals surface area contributed by atoms with Crippen molar-refractivity contribution in [2.75, 3.05) is 0 Å². The van der Waals surface area contributed by atoms with Crippen molar-refractivity contribution in [2.24, 2.45) is 0 Å². The van der Waals surface area contributed by atoms with Crippen LogP contribution in [0.25, 0.3) is 11.1 Å². The molecule has 0 aliphatic carbocycles. The van der Waals surface area contributed by atoms with E-state index < -0.39 is 17.9 Å². The Kier molecular flexibility index (Phi) is 4.28. The van der Waals surface area contributed by atoms with Crippen LogP contribution in [0.3, 0.4) is 0 Å². The van der Waals surface area contributed by atoms with Crippen molar-refractivity contribution in [3.8, 4) is 11.1 Å². The van der Waals surface area contributed by atoms with Gasteiger partial charge in [0.15, 0.2) is 6.10 Å². The largest absolute Gasteiger partial charge is 0.479 e. The monoisotopic (exact) mass is 314 g/mol. The van der Waals surface area contributed by atoms with Crippen LogP contribution in [0.15, 0.2) is 36.4 Å². The summed E-state index contributed by atoms with van der Waals surface area (Å²) in [5.41, 5.74) is 0.540. The molecule has 104 valence electrons. The molecule has 0 aromatic heterocycles. The fraction of sp³-hybridized carbons (Fsp3) is 0.0714. The fourth-order valence-electron chi connectivity index (χ4n) is 1.82. The zero-order chi connectivity index (χ0) is 14.9. The number of hydrogen-bond acceptors (Lipinski definition) is 2. The van der Waals surface area contributed by atoms with Crippen molar-refractivity contribution in [2.45, 2.75) is 6.10 Å². The Hall–Kier alpha value is -1.62. The highest BCUT2D eigenvalue weighted by molar-refractivity contribution is 6.39. The molecule has 1 unspecified atom stereocenters. The van der Waals surface area contributed by atoms with Gasteiger partial charge in [0.1, 0.15) is 5.82 Å². The second-order valence-corrected chi connectivity index (χ2v) is 4.89. The van der Waals surface area contributed by atoms with E-state index in [-0.39, 0.29) is 5.56 Å². The summed E-state index contributed by atoms with van der Waals surface area (Å²) in [6.45, 7) is 0. The summed E-state index contributed by atoms with van der Waals surface area (Å²) in [7, 11) is 0. The van der Waals surface area contributed by atoms with Crippen molar-refractivity contribution in [3.63, 3.8) is 0 Å². The van der Waals surface area contributed by atoms with E-state index in [1.54, 1.807) is 18.2 Å². The molecule has 0 amide bonds. The number of halogens is 3. The lowest BCUT2D eigenvalue weighted by Gasteiger charge is -2.12. The van der Waals surface area contributed by atoms with Crippen molar-refractivity contribution in [1.29, 1.82) is 0 Å². The highest BCUT2D eigenvalue weighted by atomic mass is 35.5. The third-order valence-electron chi connectivity index (χ3n) is 2.78. The highest BCUT2D eigenvalue weighted by Crippen LogP contribution is 2.36. The van der Waals surface area contributed by atoms with Gasteiger partial charge in [0.2, 0.25) is 0 Å². The topological polar surface area (TPSA) is 57.5 Å². The van der Waals surface area contributed by atoms with Gasteiger partial charge in [-0.3, -0.25) is 0 Å². The summed E-state index contributed by atoms with van der Waals surface area (Å²) in [6, 6.07) is 8.59. The van der Waals surface area contributed by atoms with Crippen molar-refractivity contribution in [1.82, 2.24) is 0 Å². The first-order valence-electron chi connectivity index (χ1n) is 5.56. The fourth-order valence-corrected chi connectivity index (χ4v) is 2.43. The standard InChI is InChI=1S/C14H9Cl2FO3/c15-9-2-1-3-10(16)12(9)7-4-5-11(17)8(6-7)13(18)14(19)20/h1-6,13,18H,(H,19,20). The van der Waals surface area contributed by atoms with Gasteiger partial charge in [-0.2, -0.15) is 0 Å². The van der Waals surface area contributed by atoms with Gasteiger partial charge >= 0.3 is 5.97 Å². The number of aliphatic hydroxyl groups excluding tert-OH is 1. The van der Waals surface area contributed by atoms with E-state index in [9.17, 15) is 14.3 Å². The predicted octanol–water partition coefficient (Wildman–Crippen LogP) is 3.92. The molecule has 2 N–H and O–H groups in total. The van der Waals surface area contributed by atoms with E-state index >= 15 is 0 Å². The summed E-state index contributed by atoms with van der Waals surface area (Å²) in [5.74, 6) is -2.35. The Balaban J connectivity index is 2.60. The van der Waals surface area contributed by atoms with E-state index in [4.69, 9.17) is 28.3 Å². The molecule has 0 saturated heterocycles. The molecule has 0 bridgehead atoms. The molecule has 0 radical (unpaired) electrons. The molecule has 2 aromatic rings. The van der Waals surface area contributed by atoms with Crippen LogP contribution in [0.2, 0.25) is 10.0 Å². The molecule has 0 aliphatic heterocycles. The van der Waals surface area contributed by atoms with Crippen LogP contribution >= 0.6 is 23.2 Å². The lowest BCUT2D eigenvalue weighted by atomic mass is 10.00. The maximum atomic E-state index is 13.6. The van der Waals surface area contributed by atoms with Gasteiger partial charge in [-0.1, -0.05) is 35.3 Å². The summed E-state index contributed by atoms with van der Waals surface area (Å²) < 4.78 is 13.6. The first kappa shape index (κ1) is 14.8. The Morgan fingerprint density at radius 3 is 2.30 bits per heavy atom. The molecule has 2 aromatic carbocycles. The quantitative estimate of drug-likeness (QED) is 0.902. The minimum atomic E-state index is -1.95. The van der Waals surface area contributed by atoms with Gasteiger partial charge in [-0.15, -0.1) is 0 Å². The number of benzene rings is 2. The molecule has 0 spiro atoms. The lowest BCUT2D eigenvalue weighted by Crippen LogP contribution is -2.12. The SMILES string of the molecule is O=C(O)C(O)c1cc(-c2c(Cl)cccc2Cl)ccc1F. The van der Waals surface area contributed by atoms with Crippen LogP contribution in [0, 0.1) is 5.82 Å². The maximum Gasteiger partial charge on any atom is 0.337 e. The maximum absolute atomic E-state index is 13.6. The first-order chi connectivity index (χ1) is 9.41. The molecule has 0 fully saturated rings. The van der Waals surface area contributed by atoms with E-state index in [1.165, 1.54) is 12.1 Å². The Bertz CT molecular complexity index is 653. The highest BCUT2D eigenvalue weighted by Gasteiger charge is 2.21. The molecule has 2 rings (SSSR count). The number of aliphatic hydroxyl groups is 1. The molecule has 1 atom stereocenters. The first-order valence-corrected chi connectivity index (χ1v) is 6.32. The third kappa shape index (κ3) is 2.77. The van der Waals surface area contributed by atoms with Gasteiger partial charge in [0.25, 0.3) is 0 Å². The summed E-state index contributed by atoms with van der Waals surface area (Å²) in [6.07, 6.45) is -1.95. The number of carboxylic acids is 1. The van der Waals surface area contributed by atoms with Crippen LogP contribution in [0.1, 0.15) is 11.7 Å². The molecular formula is C14H9Cl2FO3. The second-order valence-electron chi connectivity index (χ2n) is 4.07. The van der Waals surface area contributed by atoms with Crippen LogP contribution < -0.4 is 0 Å². The van der Waals surface area contributed by atoms with E-state index in [1.807, 2.05) is 0 Å². The molecule has 0 heterocycles. The molecule has 6 heteroatoms. The zero-order valence-electron chi connectivity index (χ0n) is 9.98.